The third kappa shape index (κ3) is 2.90. The van der Waals surface area contributed by atoms with Gasteiger partial charge < -0.3 is 0 Å². The molecule has 0 spiro atoms. The van der Waals surface area contributed by atoms with E-state index in [4.69, 9.17) is 0 Å². The van der Waals surface area contributed by atoms with Gasteiger partial charge in [-0.05, 0) is 30.7 Å². The van der Waals surface area contributed by atoms with Crippen molar-refractivity contribution in [1.82, 2.24) is 19.8 Å². The second-order valence-electron chi connectivity index (χ2n) is 5.38. The first-order valence-electron chi connectivity index (χ1n) is 7.42. The lowest BCUT2D eigenvalue weighted by molar-refractivity contribution is 0.959. The van der Waals surface area contributed by atoms with Gasteiger partial charge in [-0.1, -0.05) is 75.3 Å². The highest BCUT2D eigenvalue weighted by Crippen LogP contribution is 2.28. The third-order valence-electron chi connectivity index (χ3n) is 3.62. The molecule has 4 nitrogen and oxygen atoms in total. The molecule has 2 heterocycles. The first-order chi connectivity index (χ1) is 11.7. The Balaban J connectivity index is 1.69. The predicted octanol–water partition coefficient (Wildman–Crippen LogP) is 5.09. The molecule has 0 atom stereocenters. The maximum Gasteiger partial charge on any atom is 0.235 e. The Morgan fingerprint density at radius 3 is 2.58 bits per heavy atom. The van der Waals surface area contributed by atoms with Crippen molar-refractivity contribution in [3.63, 3.8) is 0 Å². The normalized spacial score (nSPS) is 11.6. The van der Waals surface area contributed by atoms with Crippen molar-refractivity contribution in [3.05, 3.63) is 69.1 Å². The fraction of sp³-hybridized carbons (Fsp3) is 0.0556. The van der Waals surface area contributed by atoms with Crippen LogP contribution in [0.5, 0.6) is 0 Å². The molecule has 4 rings (SSSR count). The van der Waals surface area contributed by atoms with Gasteiger partial charge in [-0.2, -0.15) is 9.61 Å². The fourth-order valence-electron chi connectivity index (χ4n) is 2.35. The van der Waals surface area contributed by atoms with Crippen molar-refractivity contribution in [1.29, 1.82) is 0 Å². The van der Waals surface area contributed by atoms with Crippen LogP contribution in [0.4, 0.5) is 0 Å². The van der Waals surface area contributed by atoms with Crippen molar-refractivity contribution in [2.24, 2.45) is 0 Å². The van der Waals surface area contributed by atoms with Crippen LogP contribution in [0.3, 0.4) is 0 Å². The van der Waals surface area contributed by atoms with Crippen LogP contribution in [0.2, 0.25) is 0 Å². The Morgan fingerprint density at radius 1 is 1.00 bits per heavy atom. The lowest BCUT2D eigenvalue weighted by Crippen LogP contribution is -1.91. The van der Waals surface area contributed by atoms with Crippen LogP contribution in [-0.4, -0.2) is 19.8 Å². The molecule has 118 valence electrons. The van der Waals surface area contributed by atoms with E-state index < -0.39 is 0 Å². The minimum Gasteiger partial charge on any atom is -0.182 e. The standard InChI is InChI=1S/C18H13BrN4S/c1-12-6-8-13(9-7-12)10-11-16-22-23-17(20-21-18(23)24-16)14-4-2-3-5-15(14)19/h2-11H,1H3. The van der Waals surface area contributed by atoms with Crippen LogP contribution < -0.4 is 0 Å². The first kappa shape index (κ1) is 15.2. The Morgan fingerprint density at radius 2 is 1.79 bits per heavy atom. The Labute approximate surface area is 151 Å². The maximum absolute atomic E-state index is 4.63. The van der Waals surface area contributed by atoms with E-state index >= 15 is 0 Å². The van der Waals surface area contributed by atoms with E-state index in [-0.39, 0.29) is 0 Å². The number of halogens is 1. The molecular formula is C18H13BrN4S. The summed E-state index contributed by atoms with van der Waals surface area (Å²) < 4.78 is 2.77. The number of benzene rings is 2. The van der Waals surface area contributed by atoms with Gasteiger partial charge in [0, 0.05) is 10.0 Å². The Kier molecular flexibility index (Phi) is 4.00. The van der Waals surface area contributed by atoms with Gasteiger partial charge in [0.25, 0.3) is 0 Å². The van der Waals surface area contributed by atoms with E-state index in [0.717, 1.165) is 31.4 Å². The molecule has 0 bridgehead atoms. The number of rotatable bonds is 3. The molecule has 6 heteroatoms. The summed E-state index contributed by atoms with van der Waals surface area (Å²) in [5, 5.41) is 14.0. The largest absolute Gasteiger partial charge is 0.235 e. The number of aromatic nitrogens is 4. The molecule has 0 aliphatic carbocycles. The summed E-state index contributed by atoms with van der Waals surface area (Å²) in [6.07, 6.45) is 4.07. The van der Waals surface area contributed by atoms with E-state index in [9.17, 15) is 0 Å². The van der Waals surface area contributed by atoms with Gasteiger partial charge in [0.05, 0.1) is 0 Å². The number of hydrogen-bond donors (Lipinski definition) is 0. The Bertz CT molecular complexity index is 1030. The highest BCUT2D eigenvalue weighted by atomic mass is 79.9. The molecular weight excluding hydrogens is 384 g/mol. The number of fused-ring (bicyclic) bond motifs is 1. The van der Waals surface area contributed by atoms with Crippen LogP contribution in [0.15, 0.2) is 53.0 Å². The van der Waals surface area contributed by atoms with Crippen molar-refractivity contribution in [3.8, 4) is 11.4 Å². The lowest BCUT2D eigenvalue weighted by atomic mass is 10.1. The van der Waals surface area contributed by atoms with Gasteiger partial charge in [-0.3, -0.25) is 0 Å². The summed E-state index contributed by atoms with van der Waals surface area (Å²) in [6, 6.07) is 16.3. The molecule has 0 aliphatic rings. The van der Waals surface area contributed by atoms with Crippen LogP contribution in [-0.2, 0) is 0 Å². The summed E-state index contributed by atoms with van der Waals surface area (Å²) in [7, 11) is 0. The molecule has 0 radical (unpaired) electrons. The van der Waals surface area contributed by atoms with Crippen LogP contribution in [0.25, 0.3) is 28.5 Å². The number of nitrogens with zero attached hydrogens (tertiary/aromatic N) is 4. The van der Waals surface area contributed by atoms with Crippen molar-refractivity contribution in [2.75, 3.05) is 0 Å². The summed E-state index contributed by atoms with van der Waals surface area (Å²) in [4.78, 5) is 0.782. The SMILES string of the molecule is Cc1ccc(C=Cc2nn3c(-c4ccccc4Br)nnc3s2)cc1. The minimum absolute atomic E-state index is 0.740. The molecule has 0 amide bonds. The molecule has 0 aliphatic heterocycles. The number of aryl methyl sites for hydroxylation is 1. The van der Waals surface area contributed by atoms with Gasteiger partial charge in [0.2, 0.25) is 4.96 Å². The second kappa shape index (κ2) is 6.30. The van der Waals surface area contributed by atoms with Gasteiger partial charge in [0.15, 0.2) is 5.82 Å². The molecule has 0 N–H and O–H groups in total. The average Bonchev–Trinajstić information content (AvgIpc) is 3.15. The smallest absolute Gasteiger partial charge is 0.182 e. The van der Waals surface area contributed by atoms with E-state index in [2.05, 4.69) is 68.5 Å². The average molecular weight is 397 g/mol. The van der Waals surface area contributed by atoms with E-state index in [1.807, 2.05) is 30.3 Å². The topological polar surface area (TPSA) is 43.1 Å². The molecule has 4 aromatic rings. The van der Waals surface area contributed by atoms with Crippen molar-refractivity contribution in [2.45, 2.75) is 6.92 Å². The minimum atomic E-state index is 0.740. The molecule has 2 aromatic carbocycles. The second-order valence-corrected chi connectivity index (χ2v) is 7.22. The van der Waals surface area contributed by atoms with Crippen molar-refractivity contribution < 1.29 is 0 Å². The predicted molar refractivity (Wildman–Crippen MR) is 102 cm³/mol. The van der Waals surface area contributed by atoms with E-state index in [1.165, 1.54) is 16.9 Å². The quantitative estimate of drug-likeness (QED) is 0.484. The molecule has 2 aromatic heterocycles. The zero-order valence-corrected chi connectivity index (χ0v) is 15.3. The fourth-order valence-corrected chi connectivity index (χ4v) is 3.56. The number of hydrogen-bond acceptors (Lipinski definition) is 4. The van der Waals surface area contributed by atoms with E-state index in [0.29, 0.717) is 0 Å². The maximum atomic E-state index is 4.63. The third-order valence-corrected chi connectivity index (χ3v) is 5.17. The van der Waals surface area contributed by atoms with Gasteiger partial charge in [0.1, 0.15) is 5.01 Å². The monoisotopic (exact) mass is 396 g/mol. The molecule has 24 heavy (non-hydrogen) atoms. The zero-order chi connectivity index (χ0) is 16.5. The van der Waals surface area contributed by atoms with Crippen LogP contribution in [0, 0.1) is 6.92 Å². The van der Waals surface area contributed by atoms with Crippen LogP contribution >= 0.6 is 27.3 Å². The lowest BCUT2D eigenvalue weighted by Gasteiger charge is -1.99. The van der Waals surface area contributed by atoms with Crippen molar-refractivity contribution >= 4 is 44.4 Å². The summed E-state index contributed by atoms with van der Waals surface area (Å²) in [5.41, 5.74) is 3.38. The summed E-state index contributed by atoms with van der Waals surface area (Å²) in [5.74, 6) is 0.740. The summed E-state index contributed by atoms with van der Waals surface area (Å²) >= 11 is 5.08. The molecule has 0 saturated heterocycles. The first-order valence-corrected chi connectivity index (χ1v) is 9.03. The van der Waals surface area contributed by atoms with Crippen LogP contribution in [0.1, 0.15) is 16.1 Å². The highest BCUT2D eigenvalue weighted by molar-refractivity contribution is 9.10. The summed E-state index contributed by atoms with van der Waals surface area (Å²) in [6.45, 7) is 2.08. The van der Waals surface area contributed by atoms with E-state index in [1.54, 1.807) is 4.52 Å². The highest BCUT2D eigenvalue weighted by Gasteiger charge is 2.14. The molecule has 0 saturated carbocycles. The van der Waals surface area contributed by atoms with Gasteiger partial charge in [-0.25, -0.2) is 0 Å². The molecule has 0 fully saturated rings. The van der Waals surface area contributed by atoms with Gasteiger partial charge in [-0.15, -0.1) is 10.2 Å². The molecule has 0 unspecified atom stereocenters. The zero-order valence-electron chi connectivity index (χ0n) is 12.8. The Hall–Kier alpha value is -2.31. The van der Waals surface area contributed by atoms with Gasteiger partial charge >= 0.3 is 0 Å².